The predicted molar refractivity (Wildman–Crippen MR) is 79.7 cm³/mol. The van der Waals surface area contributed by atoms with E-state index < -0.39 is 22.0 Å². The number of halogens is 2. The number of carboxylic acid groups (broad SMARTS) is 1. The minimum atomic E-state index is -3.95. The first-order valence-corrected chi connectivity index (χ1v) is 8.16. The van der Waals surface area contributed by atoms with Gasteiger partial charge in [-0.15, -0.1) is 0 Å². The Labute approximate surface area is 133 Å². The highest BCUT2D eigenvalue weighted by Gasteiger charge is 2.23. The fourth-order valence-electron chi connectivity index (χ4n) is 1.58. The van der Waals surface area contributed by atoms with Crippen molar-refractivity contribution >= 4 is 39.2 Å². The molecule has 0 aromatic heterocycles. The topological polar surface area (TPSA) is 92.7 Å². The molecule has 0 spiro atoms. The van der Waals surface area contributed by atoms with Crippen LogP contribution in [0.2, 0.25) is 10.0 Å². The number of hydrogen-bond donors (Lipinski definition) is 2. The molecule has 0 amide bonds. The molecule has 0 aliphatic rings. The first-order chi connectivity index (χ1) is 9.69. The Morgan fingerprint density at radius 2 is 2.00 bits per heavy atom. The SMILES string of the molecule is COCCC(C)NS(=O)(=O)c1cc(C(=O)O)c(Cl)cc1Cl. The maximum absolute atomic E-state index is 12.2. The number of ether oxygens (including phenoxy) is 1. The van der Waals surface area contributed by atoms with E-state index in [2.05, 4.69) is 4.72 Å². The van der Waals surface area contributed by atoms with Crippen LogP contribution in [0.5, 0.6) is 0 Å². The van der Waals surface area contributed by atoms with E-state index in [4.69, 9.17) is 33.0 Å². The normalized spacial score (nSPS) is 13.1. The zero-order valence-electron chi connectivity index (χ0n) is 11.4. The lowest BCUT2D eigenvalue weighted by Crippen LogP contribution is -2.33. The molecule has 0 bridgehead atoms. The van der Waals surface area contributed by atoms with Crippen LogP contribution in [0.1, 0.15) is 23.7 Å². The fourth-order valence-corrected chi connectivity index (χ4v) is 3.71. The summed E-state index contributed by atoms with van der Waals surface area (Å²) >= 11 is 11.6. The monoisotopic (exact) mass is 355 g/mol. The number of sulfonamides is 1. The molecule has 1 unspecified atom stereocenters. The lowest BCUT2D eigenvalue weighted by atomic mass is 10.2. The van der Waals surface area contributed by atoms with Gasteiger partial charge < -0.3 is 9.84 Å². The highest BCUT2D eigenvalue weighted by atomic mass is 35.5. The van der Waals surface area contributed by atoms with E-state index in [1.54, 1.807) is 6.92 Å². The van der Waals surface area contributed by atoms with Crippen molar-refractivity contribution in [2.45, 2.75) is 24.3 Å². The van der Waals surface area contributed by atoms with Crippen LogP contribution in [0.3, 0.4) is 0 Å². The van der Waals surface area contributed by atoms with E-state index >= 15 is 0 Å². The zero-order valence-corrected chi connectivity index (χ0v) is 13.7. The molecule has 21 heavy (non-hydrogen) atoms. The highest BCUT2D eigenvalue weighted by molar-refractivity contribution is 7.89. The number of nitrogens with one attached hydrogen (secondary N) is 1. The summed E-state index contributed by atoms with van der Waals surface area (Å²) in [5.41, 5.74) is -0.328. The summed E-state index contributed by atoms with van der Waals surface area (Å²) in [5.74, 6) is -1.33. The van der Waals surface area contributed by atoms with Crippen molar-refractivity contribution in [2.24, 2.45) is 0 Å². The van der Waals surface area contributed by atoms with Gasteiger partial charge in [0, 0.05) is 19.8 Å². The third-order valence-corrected chi connectivity index (χ3v) is 5.02. The summed E-state index contributed by atoms with van der Waals surface area (Å²) in [6.45, 7) is 2.05. The third kappa shape index (κ3) is 4.82. The van der Waals surface area contributed by atoms with Gasteiger partial charge in [0.2, 0.25) is 10.0 Å². The molecular weight excluding hydrogens is 341 g/mol. The van der Waals surface area contributed by atoms with Crippen molar-refractivity contribution in [3.05, 3.63) is 27.7 Å². The molecule has 1 rings (SSSR count). The number of carbonyl (C=O) groups is 1. The number of hydrogen-bond acceptors (Lipinski definition) is 4. The van der Waals surface area contributed by atoms with Crippen LogP contribution >= 0.6 is 23.2 Å². The van der Waals surface area contributed by atoms with Crippen molar-refractivity contribution in [2.75, 3.05) is 13.7 Å². The van der Waals surface area contributed by atoms with Crippen molar-refractivity contribution in [1.82, 2.24) is 4.72 Å². The van der Waals surface area contributed by atoms with E-state index in [-0.39, 0.29) is 20.5 Å². The molecule has 0 saturated heterocycles. The second-order valence-corrected chi connectivity index (χ2v) is 6.87. The summed E-state index contributed by atoms with van der Waals surface area (Å²) in [5, 5.41) is 8.72. The average molecular weight is 356 g/mol. The van der Waals surface area contributed by atoms with Crippen molar-refractivity contribution in [3.8, 4) is 0 Å². The predicted octanol–water partition coefficient (Wildman–Crippen LogP) is 2.39. The van der Waals surface area contributed by atoms with Crippen LogP contribution in [0.4, 0.5) is 0 Å². The largest absolute Gasteiger partial charge is 0.478 e. The number of methoxy groups -OCH3 is 1. The van der Waals surface area contributed by atoms with E-state index in [1.807, 2.05) is 0 Å². The van der Waals surface area contributed by atoms with Crippen LogP contribution in [-0.2, 0) is 14.8 Å². The van der Waals surface area contributed by atoms with Gasteiger partial charge in [0.05, 0.1) is 15.6 Å². The van der Waals surface area contributed by atoms with E-state index in [0.717, 1.165) is 12.1 Å². The molecule has 6 nitrogen and oxygen atoms in total. The molecule has 0 heterocycles. The smallest absolute Gasteiger partial charge is 0.337 e. The Hall–Kier alpha value is -0.860. The molecule has 0 saturated carbocycles. The van der Waals surface area contributed by atoms with Crippen molar-refractivity contribution in [1.29, 1.82) is 0 Å². The van der Waals surface area contributed by atoms with E-state index in [1.165, 1.54) is 7.11 Å². The van der Waals surface area contributed by atoms with Crippen LogP contribution in [0.15, 0.2) is 17.0 Å². The molecule has 9 heteroatoms. The van der Waals surface area contributed by atoms with Gasteiger partial charge in [-0.3, -0.25) is 0 Å². The second-order valence-electron chi connectivity index (χ2n) is 4.37. The summed E-state index contributed by atoms with van der Waals surface area (Å²) in [4.78, 5) is 10.7. The number of rotatable bonds is 7. The van der Waals surface area contributed by atoms with Gasteiger partial charge in [-0.05, 0) is 25.5 Å². The standard InChI is InChI=1S/C12H15Cl2NO5S/c1-7(3-4-20-2)15-21(18,19)11-5-8(12(16)17)9(13)6-10(11)14/h5-7,15H,3-4H2,1-2H3,(H,16,17). The Bertz CT molecular complexity index is 633. The molecule has 2 N–H and O–H groups in total. The zero-order chi connectivity index (χ0) is 16.2. The van der Waals surface area contributed by atoms with Gasteiger partial charge in [0.25, 0.3) is 0 Å². The maximum atomic E-state index is 12.2. The summed E-state index contributed by atoms with van der Waals surface area (Å²) < 4.78 is 31.8. The van der Waals surface area contributed by atoms with Crippen LogP contribution < -0.4 is 4.72 Å². The molecule has 0 aliphatic carbocycles. The van der Waals surface area contributed by atoms with Crippen molar-refractivity contribution in [3.63, 3.8) is 0 Å². The van der Waals surface area contributed by atoms with Crippen LogP contribution in [0, 0.1) is 0 Å². The van der Waals surface area contributed by atoms with Gasteiger partial charge in [-0.25, -0.2) is 17.9 Å². The Morgan fingerprint density at radius 1 is 1.38 bits per heavy atom. The first-order valence-electron chi connectivity index (χ1n) is 5.92. The molecular formula is C12H15Cl2NO5S. The lowest BCUT2D eigenvalue weighted by molar-refractivity contribution is 0.0697. The Morgan fingerprint density at radius 3 is 2.52 bits per heavy atom. The maximum Gasteiger partial charge on any atom is 0.337 e. The van der Waals surface area contributed by atoms with Crippen molar-refractivity contribution < 1.29 is 23.1 Å². The number of benzene rings is 1. The van der Waals surface area contributed by atoms with Crippen LogP contribution in [0.25, 0.3) is 0 Å². The number of carboxylic acids is 1. The Balaban J connectivity index is 3.13. The van der Waals surface area contributed by atoms with Gasteiger partial charge >= 0.3 is 5.97 Å². The molecule has 1 aromatic rings. The summed E-state index contributed by atoms with van der Waals surface area (Å²) in [7, 11) is -2.44. The first kappa shape index (κ1) is 18.2. The van der Waals surface area contributed by atoms with E-state index in [9.17, 15) is 13.2 Å². The number of aromatic carboxylic acids is 1. The summed E-state index contributed by atoms with van der Waals surface area (Å²) in [6.07, 6.45) is 0.465. The molecule has 118 valence electrons. The lowest BCUT2D eigenvalue weighted by Gasteiger charge is -2.15. The molecule has 1 atom stereocenters. The molecule has 0 aliphatic heterocycles. The minimum absolute atomic E-state index is 0.126. The molecule has 0 fully saturated rings. The second kappa shape index (κ2) is 7.42. The highest BCUT2D eigenvalue weighted by Crippen LogP contribution is 2.28. The average Bonchev–Trinajstić information content (AvgIpc) is 2.34. The third-order valence-electron chi connectivity index (χ3n) is 2.65. The van der Waals surface area contributed by atoms with Gasteiger partial charge in [-0.2, -0.15) is 0 Å². The fraction of sp³-hybridized carbons (Fsp3) is 0.417. The Kier molecular flexibility index (Phi) is 6.42. The molecule has 0 radical (unpaired) electrons. The molecule has 1 aromatic carbocycles. The van der Waals surface area contributed by atoms with E-state index in [0.29, 0.717) is 13.0 Å². The van der Waals surface area contributed by atoms with Gasteiger partial charge in [-0.1, -0.05) is 23.2 Å². The minimum Gasteiger partial charge on any atom is -0.478 e. The summed E-state index contributed by atoms with van der Waals surface area (Å²) in [6, 6.07) is 1.65. The van der Waals surface area contributed by atoms with Gasteiger partial charge in [0.15, 0.2) is 0 Å². The van der Waals surface area contributed by atoms with Crippen LogP contribution in [-0.4, -0.2) is 39.3 Å². The quantitative estimate of drug-likeness (QED) is 0.783. The van der Waals surface area contributed by atoms with Gasteiger partial charge in [0.1, 0.15) is 4.90 Å².